The molecule has 18 heavy (non-hydrogen) atoms. The number of hydrogen-bond acceptors (Lipinski definition) is 3. The normalized spacial score (nSPS) is 10.6. The SMILES string of the molecule is CCn1cccc1CNCc1cccnc1OC. The predicted molar refractivity (Wildman–Crippen MR) is 71.4 cm³/mol. The van der Waals surface area contributed by atoms with Gasteiger partial charge in [-0.05, 0) is 25.1 Å². The van der Waals surface area contributed by atoms with Crippen molar-refractivity contribution in [3.8, 4) is 5.88 Å². The van der Waals surface area contributed by atoms with Gasteiger partial charge >= 0.3 is 0 Å². The Balaban J connectivity index is 1.92. The van der Waals surface area contributed by atoms with E-state index in [2.05, 4.69) is 40.1 Å². The standard InChI is InChI=1S/C14H19N3O/c1-3-17-9-5-7-13(17)11-15-10-12-6-4-8-16-14(12)18-2/h4-9,15H,3,10-11H2,1-2H3. The molecular weight excluding hydrogens is 226 g/mol. The average Bonchev–Trinajstić information content (AvgIpc) is 2.87. The number of aryl methyl sites for hydroxylation is 1. The molecule has 0 amide bonds. The molecule has 0 spiro atoms. The lowest BCUT2D eigenvalue weighted by Crippen LogP contribution is -2.16. The maximum absolute atomic E-state index is 5.22. The van der Waals surface area contributed by atoms with Gasteiger partial charge in [0.05, 0.1) is 7.11 Å². The Bertz CT molecular complexity index is 493. The number of aromatic nitrogens is 2. The van der Waals surface area contributed by atoms with Crippen molar-refractivity contribution in [1.82, 2.24) is 14.9 Å². The van der Waals surface area contributed by atoms with Gasteiger partial charge in [-0.25, -0.2) is 4.98 Å². The summed E-state index contributed by atoms with van der Waals surface area (Å²) >= 11 is 0. The minimum absolute atomic E-state index is 0.691. The molecule has 0 aliphatic carbocycles. The zero-order chi connectivity index (χ0) is 12.8. The van der Waals surface area contributed by atoms with E-state index in [9.17, 15) is 0 Å². The lowest BCUT2D eigenvalue weighted by atomic mass is 10.2. The van der Waals surface area contributed by atoms with E-state index < -0.39 is 0 Å². The van der Waals surface area contributed by atoms with E-state index in [1.165, 1.54) is 5.69 Å². The second-order valence-electron chi connectivity index (χ2n) is 4.06. The van der Waals surface area contributed by atoms with Crippen LogP contribution in [-0.4, -0.2) is 16.7 Å². The van der Waals surface area contributed by atoms with Crippen LogP contribution in [0.3, 0.4) is 0 Å². The molecule has 2 heterocycles. The average molecular weight is 245 g/mol. The second kappa shape index (κ2) is 6.21. The number of methoxy groups -OCH3 is 1. The molecular formula is C14H19N3O. The van der Waals surface area contributed by atoms with Crippen molar-refractivity contribution in [1.29, 1.82) is 0 Å². The van der Waals surface area contributed by atoms with E-state index in [0.717, 1.165) is 25.2 Å². The molecule has 0 saturated heterocycles. The van der Waals surface area contributed by atoms with Crippen LogP contribution >= 0.6 is 0 Å². The zero-order valence-electron chi connectivity index (χ0n) is 10.9. The van der Waals surface area contributed by atoms with Gasteiger partial charge < -0.3 is 14.6 Å². The molecule has 2 aromatic heterocycles. The van der Waals surface area contributed by atoms with E-state index in [4.69, 9.17) is 4.74 Å². The smallest absolute Gasteiger partial charge is 0.217 e. The van der Waals surface area contributed by atoms with Gasteiger partial charge in [-0.1, -0.05) is 6.07 Å². The molecule has 1 N–H and O–H groups in total. The number of nitrogens with one attached hydrogen (secondary N) is 1. The third-order valence-corrected chi connectivity index (χ3v) is 2.93. The summed E-state index contributed by atoms with van der Waals surface area (Å²) in [5.41, 5.74) is 2.37. The minimum atomic E-state index is 0.691. The molecule has 0 unspecified atom stereocenters. The summed E-state index contributed by atoms with van der Waals surface area (Å²) in [5.74, 6) is 0.691. The van der Waals surface area contributed by atoms with Crippen LogP contribution in [0.2, 0.25) is 0 Å². The molecule has 2 rings (SSSR count). The molecule has 2 aromatic rings. The van der Waals surface area contributed by atoms with E-state index >= 15 is 0 Å². The van der Waals surface area contributed by atoms with Gasteiger partial charge in [0.2, 0.25) is 5.88 Å². The largest absolute Gasteiger partial charge is 0.481 e. The molecule has 0 saturated carbocycles. The summed E-state index contributed by atoms with van der Waals surface area (Å²) in [6.45, 7) is 4.75. The van der Waals surface area contributed by atoms with Gasteiger partial charge in [0.1, 0.15) is 0 Å². The molecule has 4 heteroatoms. The van der Waals surface area contributed by atoms with E-state index in [-0.39, 0.29) is 0 Å². The van der Waals surface area contributed by atoms with Crippen molar-refractivity contribution in [3.05, 3.63) is 47.9 Å². The Morgan fingerprint density at radius 3 is 2.94 bits per heavy atom. The van der Waals surface area contributed by atoms with Crippen molar-refractivity contribution in [2.24, 2.45) is 0 Å². The Labute approximate surface area is 108 Å². The van der Waals surface area contributed by atoms with Gasteiger partial charge in [0, 0.05) is 43.3 Å². The molecule has 0 aromatic carbocycles. The molecule has 4 nitrogen and oxygen atoms in total. The fourth-order valence-corrected chi connectivity index (χ4v) is 1.99. The van der Waals surface area contributed by atoms with Crippen LogP contribution in [0.5, 0.6) is 5.88 Å². The first-order chi connectivity index (χ1) is 8.85. The molecule has 0 fully saturated rings. The minimum Gasteiger partial charge on any atom is -0.481 e. The molecule has 0 bridgehead atoms. The second-order valence-corrected chi connectivity index (χ2v) is 4.06. The zero-order valence-corrected chi connectivity index (χ0v) is 10.9. The van der Waals surface area contributed by atoms with Crippen LogP contribution in [0.15, 0.2) is 36.7 Å². The predicted octanol–water partition coefficient (Wildman–Crippen LogP) is 2.20. The molecule has 0 atom stereocenters. The Hall–Kier alpha value is -1.81. The van der Waals surface area contributed by atoms with Crippen molar-refractivity contribution < 1.29 is 4.74 Å². The van der Waals surface area contributed by atoms with Crippen LogP contribution < -0.4 is 10.1 Å². The summed E-state index contributed by atoms with van der Waals surface area (Å²) in [7, 11) is 1.65. The number of ether oxygens (including phenoxy) is 1. The Morgan fingerprint density at radius 1 is 1.28 bits per heavy atom. The molecule has 0 aliphatic rings. The maximum atomic E-state index is 5.22. The summed E-state index contributed by atoms with van der Waals surface area (Å²) < 4.78 is 7.45. The van der Waals surface area contributed by atoms with Crippen LogP contribution in [0.4, 0.5) is 0 Å². The summed E-state index contributed by atoms with van der Waals surface area (Å²) in [4.78, 5) is 4.18. The third-order valence-electron chi connectivity index (χ3n) is 2.93. The monoisotopic (exact) mass is 245 g/mol. The quantitative estimate of drug-likeness (QED) is 0.848. The molecule has 0 aliphatic heterocycles. The Morgan fingerprint density at radius 2 is 2.17 bits per heavy atom. The van der Waals surface area contributed by atoms with Crippen molar-refractivity contribution in [2.45, 2.75) is 26.6 Å². The summed E-state index contributed by atoms with van der Waals surface area (Å²) in [5, 5.41) is 3.41. The number of nitrogens with zero attached hydrogens (tertiary/aromatic N) is 2. The highest BCUT2D eigenvalue weighted by Gasteiger charge is 2.03. The van der Waals surface area contributed by atoms with Crippen LogP contribution in [0.1, 0.15) is 18.2 Å². The Kier molecular flexibility index (Phi) is 4.36. The van der Waals surface area contributed by atoms with Crippen LogP contribution in [0.25, 0.3) is 0 Å². The topological polar surface area (TPSA) is 39.1 Å². The lowest BCUT2D eigenvalue weighted by Gasteiger charge is -2.10. The highest BCUT2D eigenvalue weighted by Crippen LogP contribution is 2.13. The van der Waals surface area contributed by atoms with Crippen LogP contribution in [-0.2, 0) is 19.6 Å². The first-order valence-corrected chi connectivity index (χ1v) is 6.17. The van der Waals surface area contributed by atoms with Crippen molar-refractivity contribution in [3.63, 3.8) is 0 Å². The number of rotatable bonds is 6. The fraction of sp³-hybridized carbons (Fsp3) is 0.357. The fourth-order valence-electron chi connectivity index (χ4n) is 1.99. The highest BCUT2D eigenvalue weighted by atomic mass is 16.5. The van der Waals surface area contributed by atoms with Crippen LogP contribution in [0, 0.1) is 0 Å². The number of hydrogen-bond donors (Lipinski definition) is 1. The first kappa shape index (κ1) is 12.6. The molecule has 96 valence electrons. The van der Waals surface area contributed by atoms with Gasteiger partial charge in [-0.15, -0.1) is 0 Å². The number of pyridine rings is 1. The van der Waals surface area contributed by atoms with Gasteiger partial charge in [-0.3, -0.25) is 0 Å². The van der Waals surface area contributed by atoms with E-state index in [0.29, 0.717) is 5.88 Å². The van der Waals surface area contributed by atoms with E-state index in [1.807, 2.05) is 12.1 Å². The van der Waals surface area contributed by atoms with Gasteiger partial charge in [-0.2, -0.15) is 0 Å². The molecule has 0 radical (unpaired) electrons. The van der Waals surface area contributed by atoms with Gasteiger partial charge in [0.15, 0.2) is 0 Å². The van der Waals surface area contributed by atoms with E-state index in [1.54, 1.807) is 13.3 Å². The third kappa shape index (κ3) is 2.90. The summed E-state index contributed by atoms with van der Waals surface area (Å²) in [6.07, 6.45) is 3.84. The first-order valence-electron chi connectivity index (χ1n) is 6.17. The lowest BCUT2D eigenvalue weighted by molar-refractivity contribution is 0.390. The van der Waals surface area contributed by atoms with Crippen molar-refractivity contribution in [2.75, 3.05) is 7.11 Å². The maximum Gasteiger partial charge on any atom is 0.217 e. The van der Waals surface area contributed by atoms with Crippen molar-refractivity contribution >= 4 is 0 Å². The summed E-state index contributed by atoms with van der Waals surface area (Å²) in [6, 6.07) is 8.16. The highest BCUT2D eigenvalue weighted by molar-refractivity contribution is 5.25. The van der Waals surface area contributed by atoms with Gasteiger partial charge in [0.25, 0.3) is 0 Å².